The van der Waals surface area contributed by atoms with Crippen molar-refractivity contribution >= 4 is 37.4 Å². The third kappa shape index (κ3) is 5.40. The van der Waals surface area contributed by atoms with Gasteiger partial charge in [-0.3, -0.25) is 0 Å². The maximum absolute atomic E-state index is 12.1. The molecule has 0 saturated heterocycles. The van der Waals surface area contributed by atoms with E-state index in [1.54, 1.807) is 18.2 Å². The van der Waals surface area contributed by atoms with Crippen molar-refractivity contribution in [1.29, 1.82) is 0 Å². The first-order valence-corrected chi connectivity index (χ1v) is 9.91. The Morgan fingerprint density at radius 2 is 1.95 bits per heavy atom. The zero-order valence-corrected chi connectivity index (χ0v) is 13.5. The number of hydrogen-bond donors (Lipinski definition) is 1. The van der Waals surface area contributed by atoms with E-state index in [1.807, 2.05) is 32.6 Å². The van der Waals surface area contributed by atoms with Crippen LogP contribution in [-0.4, -0.2) is 26.1 Å². The normalized spacial score (nSPS) is 10.7. The molecule has 0 amide bonds. The highest BCUT2D eigenvalue weighted by Crippen LogP contribution is 2.18. The summed E-state index contributed by atoms with van der Waals surface area (Å²) in [6.07, 6.45) is 0. The highest BCUT2D eigenvalue weighted by Gasteiger charge is 2.22. The summed E-state index contributed by atoms with van der Waals surface area (Å²) in [4.78, 5) is 12.1. The SMILES string of the molecule is CCOC(=S)Nc1ccccc1C(=O)O[Si](C)(C)C. The first-order chi connectivity index (χ1) is 8.83. The standard InChI is InChI=1S/C13H19NO3SSi/c1-5-16-13(18)14-11-9-7-6-8-10(11)12(15)17-19(2,3)4/h6-9H,5H2,1-4H3,(H,14,18). The summed E-state index contributed by atoms with van der Waals surface area (Å²) in [5, 5.41) is 3.15. The molecule has 19 heavy (non-hydrogen) atoms. The number of ether oxygens (including phenoxy) is 1. The van der Waals surface area contributed by atoms with Crippen molar-refractivity contribution in [3.8, 4) is 0 Å². The number of benzene rings is 1. The van der Waals surface area contributed by atoms with E-state index in [2.05, 4.69) is 5.32 Å². The maximum atomic E-state index is 12.1. The van der Waals surface area contributed by atoms with E-state index in [0.717, 1.165) is 0 Å². The lowest BCUT2D eigenvalue weighted by atomic mass is 10.2. The molecule has 6 heteroatoms. The molecule has 104 valence electrons. The van der Waals surface area contributed by atoms with Crippen molar-refractivity contribution in [3.63, 3.8) is 0 Å². The predicted octanol–water partition coefficient (Wildman–Crippen LogP) is 3.41. The van der Waals surface area contributed by atoms with Gasteiger partial charge < -0.3 is 14.5 Å². The van der Waals surface area contributed by atoms with Gasteiger partial charge in [-0.25, -0.2) is 4.79 Å². The lowest BCUT2D eigenvalue weighted by molar-refractivity contribution is 0.0725. The Labute approximate surface area is 120 Å². The quantitative estimate of drug-likeness (QED) is 0.681. The first-order valence-electron chi connectivity index (χ1n) is 6.09. The Balaban J connectivity index is 2.89. The van der Waals surface area contributed by atoms with Crippen LogP contribution in [0.5, 0.6) is 0 Å². The molecule has 0 fully saturated rings. The van der Waals surface area contributed by atoms with Crippen LogP contribution < -0.4 is 5.32 Å². The molecular formula is C13H19NO3SSi. The van der Waals surface area contributed by atoms with Gasteiger partial charge in [0.1, 0.15) is 0 Å². The van der Waals surface area contributed by atoms with E-state index >= 15 is 0 Å². The molecule has 4 nitrogen and oxygen atoms in total. The number of carbonyl (C=O) groups excluding carboxylic acids is 1. The number of anilines is 1. The summed E-state index contributed by atoms with van der Waals surface area (Å²) in [7, 11) is -1.92. The van der Waals surface area contributed by atoms with E-state index in [4.69, 9.17) is 21.4 Å². The van der Waals surface area contributed by atoms with Crippen LogP contribution in [0.1, 0.15) is 17.3 Å². The minimum Gasteiger partial charge on any atom is -0.516 e. The number of rotatable bonds is 4. The van der Waals surface area contributed by atoms with Crippen LogP contribution in [-0.2, 0) is 9.16 Å². The van der Waals surface area contributed by atoms with Crippen molar-refractivity contribution in [2.45, 2.75) is 26.6 Å². The van der Waals surface area contributed by atoms with Gasteiger partial charge in [0.05, 0.1) is 17.9 Å². The summed E-state index contributed by atoms with van der Waals surface area (Å²) in [5.74, 6) is -0.332. The summed E-state index contributed by atoms with van der Waals surface area (Å²) >= 11 is 5.01. The van der Waals surface area contributed by atoms with Gasteiger partial charge in [0.25, 0.3) is 5.17 Å². The minimum absolute atomic E-state index is 0.246. The molecule has 0 unspecified atom stereocenters. The Morgan fingerprint density at radius 1 is 1.32 bits per heavy atom. The molecule has 1 rings (SSSR count). The molecule has 0 bridgehead atoms. The van der Waals surface area contributed by atoms with Crippen LogP contribution in [0.2, 0.25) is 19.6 Å². The number of hydrogen-bond acceptors (Lipinski definition) is 4. The van der Waals surface area contributed by atoms with Gasteiger partial charge in [0.15, 0.2) is 0 Å². The molecular weight excluding hydrogens is 278 g/mol. The van der Waals surface area contributed by atoms with Crippen molar-refractivity contribution < 1.29 is 14.0 Å². The van der Waals surface area contributed by atoms with Gasteiger partial charge in [-0.2, -0.15) is 0 Å². The molecule has 1 aromatic carbocycles. The first kappa shape index (κ1) is 15.7. The summed E-state index contributed by atoms with van der Waals surface area (Å²) in [6.45, 7) is 8.22. The van der Waals surface area contributed by atoms with E-state index in [1.165, 1.54) is 0 Å². The van der Waals surface area contributed by atoms with E-state index in [9.17, 15) is 4.79 Å². The number of thiocarbonyl (C=S) groups is 1. The van der Waals surface area contributed by atoms with Crippen LogP contribution in [0.3, 0.4) is 0 Å². The van der Waals surface area contributed by atoms with Gasteiger partial charge in [0, 0.05) is 0 Å². The average molecular weight is 297 g/mol. The monoisotopic (exact) mass is 297 g/mol. The van der Waals surface area contributed by atoms with E-state index in [-0.39, 0.29) is 11.1 Å². The fourth-order valence-electron chi connectivity index (χ4n) is 1.38. The number of para-hydroxylation sites is 1. The molecule has 0 aliphatic carbocycles. The average Bonchev–Trinajstić information content (AvgIpc) is 2.27. The molecule has 0 radical (unpaired) electrons. The third-order valence-electron chi connectivity index (χ3n) is 2.06. The summed E-state index contributed by atoms with van der Waals surface area (Å²) in [6, 6.07) is 7.09. The molecule has 0 spiro atoms. The molecule has 1 aromatic rings. The van der Waals surface area contributed by atoms with Crippen LogP contribution in [0.15, 0.2) is 24.3 Å². The predicted molar refractivity (Wildman–Crippen MR) is 83.1 cm³/mol. The molecule has 0 saturated carbocycles. The smallest absolute Gasteiger partial charge is 0.326 e. The highest BCUT2D eigenvalue weighted by molar-refractivity contribution is 7.80. The van der Waals surface area contributed by atoms with Crippen LogP contribution in [0, 0.1) is 0 Å². The van der Waals surface area contributed by atoms with Gasteiger partial charge >= 0.3 is 5.97 Å². The van der Waals surface area contributed by atoms with Gasteiger partial charge in [-0.05, 0) is 50.9 Å². The van der Waals surface area contributed by atoms with Crippen molar-refractivity contribution in [1.82, 2.24) is 0 Å². The Bertz CT molecular complexity index is 471. The van der Waals surface area contributed by atoms with Crippen molar-refractivity contribution in [2.24, 2.45) is 0 Å². The number of carbonyl (C=O) groups is 1. The van der Waals surface area contributed by atoms with Crippen LogP contribution in [0.25, 0.3) is 0 Å². The lowest BCUT2D eigenvalue weighted by Gasteiger charge is -2.19. The summed E-state index contributed by atoms with van der Waals surface area (Å²) < 4.78 is 10.6. The molecule has 0 heterocycles. The number of nitrogens with one attached hydrogen (secondary N) is 1. The van der Waals surface area contributed by atoms with Gasteiger partial charge in [0.2, 0.25) is 8.32 Å². The zero-order valence-electron chi connectivity index (χ0n) is 11.6. The van der Waals surface area contributed by atoms with Crippen LogP contribution >= 0.6 is 12.2 Å². The van der Waals surface area contributed by atoms with Gasteiger partial charge in [-0.15, -0.1) is 0 Å². The topological polar surface area (TPSA) is 47.6 Å². The fraction of sp³-hybridized carbons (Fsp3) is 0.385. The zero-order chi connectivity index (χ0) is 14.5. The lowest BCUT2D eigenvalue weighted by Crippen LogP contribution is -2.29. The van der Waals surface area contributed by atoms with E-state index in [0.29, 0.717) is 17.9 Å². The van der Waals surface area contributed by atoms with Crippen molar-refractivity contribution in [2.75, 3.05) is 11.9 Å². The Hall–Kier alpha value is -1.40. The van der Waals surface area contributed by atoms with E-state index < -0.39 is 8.32 Å². The third-order valence-corrected chi connectivity index (χ3v) is 3.08. The second-order valence-electron chi connectivity index (χ2n) is 4.89. The van der Waals surface area contributed by atoms with Gasteiger partial charge in [-0.1, -0.05) is 12.1 Å². The van der Waals surface area contributed by atoms with Crippen LogP contribution in [0.4, 0.5) is 5.69 Å². The second-order valence-corrected chi connectivity index (χ2v) is 9.69. The largest absolute Gasteiger partial charge is 0.516 e. The molecule has 0 aliphatic rings. The molecule has 0 aromatic heterocycles. The molecule has 0 aliphatic heterocycles. The highest BCUT2D eigenvalue weighted by atomic mass is 32.1. The van der Waals surface area contributed by atoms with Crippen molar-refractivity contribution in [3.05, 3.63) is 29.8 Å². The molecule has 0 atom stereocenters. The minimum atomic E-state index is -1.92. The Kier molecular flexibility index (Phi) is 5.50. The maximum Gasteiger partial charge on any atom is 0.326 e. The summed E-state index contributed by atoms with van der Waals surface area (Å²) in [5.41, 5.74) is 1.07. The fourth-order valence-corrected chi connectivity index (χ4v) is 2.27. The molecule has 1 N–H and O–H groups in total. The Morgan fingerprint density at radius 3 is 2.53 bits per heavy atom. The second kappa shape index (κ2) is 6.67.